The minimum Gasteiger partial charge on any atom is -0.472 e. The number of cyclic esters (lactones) is 2. The molecule has 6 rings (SSSR count). The van der Waals surface area contributed by atoms with Crippen LogP contribution < -0.4 is 0 Å². The second-order valence-electron chi connectivity index (χ2n) is 11.7. The lowest BCUT2D eigenvalue weighted by Gasteiger charge is -2.64. The Morgan fingerprint density at radius 1 is 1.00 bits per heavy atom. The molecule has 34 heavy (non-hydrogen) atoms. The van der Waals surface area contributed by atoms with E-state index >= 15 is 0 Å². The number of furan rings is 1. The van der Waals surface area contributed by atoms with Crippen molar-refractivity contribution in [1.29, 1.82) is 0 Å². The number of carbonyl (C=O) groups excluding carboxylic acids is 4. The fourth-order valence-electron chi connectivity index (χ4n) is 8.47. The lowest BCUT2D eigenvalue weighted by atomic mass is 9.37. The summed E-state index contributed by atoms with van der Waals surface area (Å²) < 4.78 is 22.9. The average Bonchev–Trinajstić information content (AvgIpc) is 3.35. The average molecular weight is 469 g/mol. The van der Waals surface area contributed by atoms with Gasteiger partial charge in [0.1, 0.15) is 17.3 Å². The smallest absolute Gasteiger partial charge is 0.339 e. The molecule has 1 aromatic rings. The van der Waals surface area contributed by atoms with Crippen LogP contribution in [0.3, 0.4) is 0 Å². The standard InChI is InChI=1S/C26H28O8/c1-22(2)17-16(28)18(29)25(5)14(23(17,3)9-7-15(27)33-22)6-10-24(4)19(13-8-11-31-12-13)32-21(30)20-26(24,25)34-20/h7-9,11-12,14,17,19-20H,6,10H2,1-5H3/t14?,17-,19-,20+,23+,24-,25-,26+/m0/s1. The molecule has 180 valence electrons. The van der Waals surface area contributed by atoms with Crippen molar-refractivity contribution in [2.45, 2.75) is 70.9 Å². The zero-order valence-corrected chi connectivity index (χ0v) is 19.9. The molecule has 1 aromatic heterocycles. The van der Waals surface area contributed by atoms with Crippen molar-refractivity contribution in [1.82, 2.24) is 0 Å². The number of rotatable bonds is 1. The van der Waals surface area contributed by atoms with E-state index in [4.69, 9.17) is 18.6 Å². The number of ketones is 2. The molecule has 0 N–H and O–H groups in total. The van der Waals surface area contributed by atoms with Gasteiger partial charge in [-0.15, -0.1) is 0 Å². The van der Waals surface area contributed by atoms with E-state index in [1.807, 2.05) is 13.8 Å². The number of hydrogen-bond donors (Lipinski definition) is 0. The largest absolute Gasteiger partial charge is 0.472 e. The van der Waals surface area contributed by atoms with E-state index in [1.54, 1.807) is 39.2 Å². The fourth-order valence-corrected chi connectivity index (χ4v) is 8.47. The quantitative estimate of drug-likeness (QED) is 0.351. The van der Waals surface area contributed by atoms with Gasteiger partial charge in [-0.2, -0.15) is 0 Å². The molecule has 2 saturated carbocycles. The number of hydrogen-bond acceptors (Lipinski definition) is 8. The third-order valence-corrected chi connectivity index (χ3v) is 9.73. The van der Waals surface area contributed by atoms with Gasteiger partial charge in [0.25, 0.3) is 0 Å². The summed E-state index contributed by atoms with van der Waals surface area (Å²) in [5, 5.41) is 0. The van der Waals surface area contributed by atoms with Crippen molar-refractivity contribution in [2.75, 3.05) is 0 Å². The lowest BCUT2D eigenvalue weighted by molar-refractivity contribution is -0.213. The Kier molecular flexibility index (Phi) is 3.90. The highest BCUT2D eigenvalue weighted by atomic mass is 16.7. The summed E-state index contributed by atoms with van der Waals surface area (Å²) >= 11 is 0. The number of epoxide rings is 1. The van der Waals surface area contributed by atoms with Crippen LogP contribution in [-0.2, 0) is 33.4 Å². The predicted molar refractivity (Wildman–Crippen MR) is 115 cm³/mol. The van der Waals surface area contributed by atoms with Gasteiger partial charge in [0, 0.05) is 22.5 Å². The summed E-state index contributed by atoms with van der Waals surface area (Å²) in [6, 6.07) is 1.75. The Hall–Kier alpha value is -2.74. The third kappa shape index (κ3) is 2.15. The fraction of sp³-hybridized carbons (Fsp3) is 0.615. The van der Waals surface area contributed by atoms with Gasteiger partial charge in [0.05, 0.1) is 23.9 Å². The molecule has 0 radical (unpaired) electrons. The molecule has 8 nitrogen and oxygen atoms in total. The molecule has 0 amide bonds. The molecule has 4 fully saturated rings. The zero-order valence-electron chi connectivity index (χ0n) is 19.9. The topological polar surface area (TPSA) is 112 Å². The minimum absolute atomic E-state index is 0.353. The number of allylic oxidation sites excluding steroid dienone is 1. The van der Waals surface area contributed by atoms with Gasteiger partial charge in [-0.05, 0) is 45.6 Å². The molecule has 0 bridgehead atoms. The van der Waals surface area contributed by atoms with E-state index in [0.717, 1.165) is 0 Å². The van der Waals surface area contributed by atoms with E-state index < -0.39 is 69.1 Å². The van der Waals surface area contributed by atoms with Crippen molar-refractivity contribution >= 4 is 23.5 Å². The van der Waals surface area contributed by atoms with Crippen molar-refractivity contribution in [3.8, 4) is 0 Å². The first-order valence-corrected chi connectivity index (χ1v) is 11.8. The van der Waals surface area contributed by atoms with Gasteiger partial charge in [0.15, 0.2) is 6.10 Å². The van der Waals surface area contributed by atoms with Gasteiger partial charge < -0.3 is 18.6 Å². The number of fused-ring (bicyclic) bond motifs is 3. The van der Waals surface area contributed by atoms with Crippen molar-refractivity contribution < 1.29 is 37.8 Å². The first kappa shape index (κ1) is 21.8. The van der Waals surface area contributed by atoms with Crippen LogP contribution in [0.2, 0.25) is 0 Å². The van der Waals surface area contributed by atoms with Gasteiger partial charge in [-0.25, -0.2) is 9.59 Å². The maximum absolute atomic E-state index is 14.1. The summed E-state index contributed by atoms with van der Waals surface area (Å²) in [6.07, 6.45) is 5.75. The summed E-state index contributed by atoms with van der Waals surface area (Å²) in [5.74, 6) is -3.41. The van der Waals surface area contributed by atoms with Gasteiger partial charge in [-0.1, -0.05) is 19.9 Å². The van der Waals surface area contributed by atoms with Crippen LogP contribution in [-0.4, -0.2) is 40.8 Å². The molecule has 0 aromatic carbocycles. The van der Waals surface area contributed by atoms with Crippen LogP contribution in [0.1, 0.15) is 59.1 Å². The maximum Gasteiger partial charge on any atom is 0.339 e. The van der Waals surface area contributed by atoms with Crippen LogP contribution in [0.15, 0.2) is 35.2 Å². The van der Waals surface area contributed by atoms with E-state index in [2.05, 4.69) is 0 Å². The van der Waals surface area contributed by atoms with E-state index in [-0.39, 0.29) is 5.92 Å². The molecule has 1 unspecified atom stereocenters. The van der Waals surface area contributed by atoms with Crippen LogP contribution in [0, 0.1) is 28.1 Å². The Bertz CT molecular complexity index is 1180. The first-order valence-electron chi connectivity index (χ1n) is 11.8. The molecule has 8 atom stereocenters. The molecule has 1 spiro atoms. The Labute approximate surface area is 197 Å². The summed E-state index contributed by atoms with van der Waals surface area (Å²) in [5.41, 5.74) is -4.57. The van der Waals surface area contributed by atoms with Gasteiger partial charge >= 0.3 is 11.9 Å². The molecule has 8 heteroatoms. The monoisotopic (exact) mass is 468 g/mol. The number of esters is 2. The van der Waals surface area contributed by atoms with E-state index in [9.17, 15) is 19.2 Å². The highest BCUT2D eigenvalue weighted by Gasteiger charge is 2.89. The maximum atomic E-state index is 14.1. The predicted octanol–water partition coefficient (Wildman–Crippen LogP) is 3.10. The lowest BCUT2D eigenvalue weighted by Crippen LogP contribution is -2.73. The van der Waals surface area contributed by atoms with Crippen LogP contribution in [0.25, 0.3) is 0 Å². The SMILES string of the molecule is CC1(C)OC(=O)C=C[C@]2(C)C3CC[C@@]4(C)[C@H](c5ccoc5)OC(=O)[C@H]5O[C@]54[C@]3(C)C(=O)C(=O)[C@@H]12. The normalized spacial score (nSPS) is 48.5. The van der Waals surface area contributed by atoms with Gasteiger partial charge in [0.2, 0.25) is 11.6 Å². The van der Waals surface area contributed by atoms with Crippen LogP contribution >= 0.6 is 0 Å². The Balaban J connectivity index is 1.56. The summed E-state index contributed by atoms with van der Waals surface area (Å²) in [4.78, 5) is 53.4. The number of ether oxygens (including phenoxy) is 3. The third-order valence-electron chi connectivity index (χ3n) is 9.73. The van der Waals surface area contributed by atoms with Crippen LogP contribution in [0.4, 0.5) is 0 Å². The summed E-state index contributed by atoms with van der Waals surface area (Å²) in [6.45, 7) is 9.05. The Morgan fingerprint density at radius 3 is 2.41 bits per heavy atom. The van der Waals surface area contributed by atoms with E-state index in [1.165, 1.54) is 12.3 Å². The molecule has 2 aliphatic carbocycles. The second-order valence-corrected chi connectivity index (χ2v) is 11.7. The zero-order chi connectivity index (χ0) is 24.5. The first-order chi connectivity index (χ1) is 15.8. The van der Waals surface area contributed by atoms with Crippen molar-refractivity contribution in [3.63, 3.8) is 0 Å². The van der Waals surface area contributed by atoms with Crippen LogP contribution in [0.5, 0.6) is 0 Å². The molecular formula is C26H28O8. The van der Waals surface area contributed by atoms with Crippen molar-refractivity contribution in [3.05, 3.63) is 36.3 Å². The molecule has 5 aliphatic rings. The molecule has 2 saturated heterocycles. The number of Topliss-reactive ketones (excluding diaryl/α,β-unsaturated/α-hetero) is 2. The molecule has 4 heterocycles. The molecular weight excluding hydrogens is 440 g/mol. The Morgan fingerprint density at radius 2 is 1.74 bits per heavy atom. The van der Waals surface area contributed by atoms with Crippen molar-refractivity contribution in [2.24, 2.45) is 28.1 Å². The highest BCUT2D eigenvalue weighted by molar-refractivity contribution is 6.41. The second kappa shape index (κ2) is 6.08. The van der Waals surface area contributed by atoms with E-state index in [0.29, 0.717) is 18.4 Å². The highest BCUT2D eigenvalue weighted by Crippen LogP contribution is 2.78. The molecule has 3 aliphatic heterocycles. The minimum atomic E-state index is -1.29. The number of carbonyl (C=O) groups is 4. The summed E-state index contributed by atoms with van der Waals surface area (Å²) in [7, 11) is 0. The van der Waals surface area contributed by atoms with Gasteiger partial charge in [-0.3, -0.25) is 9.59 Å².